The molecule has 1 heterocycles. The van der Waals surface area contributed by atoms with Crippen molar-refractivity contribution in [3.63, 3.8) is 0 Å². The number of thioether (sulfide) groups is 1. The lowest BCUT2D eigenvalue weighted by molar-refractivity contribution is 0.410. The summed E-state index contributed by atoms with van der Waals surface area (Å²) in [5.41, 5.74) is 5.37. The smallest absolute Gasteiger partial charge is 0.276 e. The molecule has 1 aromatic rings. The topological polar surface area (TPSA) is 64.9 Å². The van der Waals surface area contributed by atoms with E-state index >= 15 is 0 Å². The Kier molecular flexibility index (Phi) is 4.85. The van der Waals surface area contributed by atoms with Gasteiger partial charge in [0.05, 0.1) is 0 Å². The second-order valence-electron chi connectivity index (χ2n) is 2.70. The summed E-state index contributed by atoms with van der Waals surface area (Å²) in [6.45, 7) is 2.79. The zero-order chi connectivity index (χ0) is 9.52. The number of hydrogen-bond donors (Lipinski definition) is 1. The maximum Gasteiger partial charge on any atom is 0.276 e. The SMILES string of the molecule is CCCSc1nnc(CCCN)o1. The van der Waals surface area contributed by atoms with Crippen molar-refractivity contribution in [3.05, 3.63) is 5.89 Å². The van der Waals surface area contributed by atoms with Crippen LogP contribution in [0.3, 0.4) is 0 Å². The predicted octanol–water partition coefficient (Wildman–Crippen LogP) is 1.46. The van der Waals surface area contributed by atoms with Crippen molar-refractivity contribution in [2.24, 2.45) is 5.73 Å². The molecule has 0 bridgehead atoms. The lowest BCUT2D eigenvalue weighted by Crippen LogP contribution is -2.00. The number of nitrogens with zero attached hydrogens (tertiary/aromatic N) is 2. The van der Waals surface area contributed by atoms with Crippen LogP contribution in [0.15, 0.2) is 9.64 Å². The molecule has 74 valence electrons. The highest BCUT2D eigenvalue weighted by Gasteiger charge is 2.04. The van der Waals surface area contributed by atoms with Gasteiger partial charge in [0, 0.05) is 12.2 Å². The third-order valence-corrected chi connectivity index (χ3v) is 2.50. The molecule has 0 unspecified atom stereocenters. The molecule has 13 heavy (non-hydrogen) atoms. The van der Waals surface area contributed by atoms with Crippen molar-refractivity contribution < 1.29 is 4.42 Å². The second-order valence-corrected chi connectivity index (χ2v) is 3.75. The Hall–Kier alpha value is -0.550. The van der Waals surface area contributed by atoms with Crippen LogP contribution in [0.25, 0.3) is 0 Å². The average molecular weight is 201 g/mol. The van der Waals surface area contributed by atoms with Gasteiger partial charge in [-0.1, -0.05) is 18.7 Å². The monoisotopic (exact) mass is 201 g/mol. The number of hydrogen-bond acceptors (Lipinski definition) is 5. The Morgan fingerprint density at radius 1 is 1.46 bits per heavy atom. The molecule has 2 N–H and O–H groups in total. The van der Waals surface area contributed by atoms with Crippen molar-refractivity contribution in [1.82, 2.24) is 10.2 Å². The fourth-order valence-electron chi connectivity index (χ4n) is 0.840. The van der Waals surface area contributed by atoms with Crippen molar-refractivity contribution in [3.8, 4) is 0 Å². The quantitative estimate of drug-likeness (QED) is 0.706. The average Bonchev–Trinajstić information content (AvgIpc) is 2.59. The van der Waals surface area contributed by atoms with Crippen LogP contribution in [-0.2, 0) is 6.42 Å². The molecular weight excluding hydrogens is 186 g/mol. The summed E-state index contributed by atoms with van der Waals surface area (Å²) < 4.78 is 5.37. The van der Waals surface area contributed by atoms with E-state index in [0.717, 1.165) is 25.0 Å². The van der Waals surface area contributed by atoms with E-state index in [0.29, 0.717) is 17.7 Å². The Morgan fingerprint density at radius 3 is 3.00 bits per heavy atom. The van der Waals surface area contributed by atoms with Crippen LogP contribution < -0.4 is 5.73 Å². The highest BCUT2D eigenvalue weighted by atomic mass is 32.2. The highest BCUT2D eigenvalue weighted by molar-refractivity contribution is 7.99. The zero-order valence-electron chi connectivity index (χ0n) is 7.82. The molecule has 0 spiro atoms. The molecular formula is C8H15N3OS. The summed E-state index contributed by atoms with van der Waals surface area (Å²) in [6.07, 6.45) is 2.81. The molecule has 0 radical (unpaired) electrons. The minimum atomic E-state index is 0.666. The van der Waals surface area contributed by atoms with Crippen LogP contribution in [0.1, 0.15) is 25.7 Å². The molecule has 0 aliphatic carbocycles. The molecule has 1 rings (SSSR count). The molecule has 1 aromatic heterocycles. The standard InChI is InChI=1S/C8H15N3OS/c1-2-6-13-8-11-10-7(12-8)4-3-5-9/h2-6,9H2,1H3. The summed E-state index contributed by atoms with van der Waals surface area (Å²) >= 11 is 1.60. The summed E-state index contributed by atoms with van der Waals surface area (Å²) in [5.74, 6) is 1.72. The minimum absolute atomic E-state index is 0.666. The van der Waals surface area contributed by atoms with Gasteiger partial charge in [0.1, 0.15) is 0 Å². The van der Waals surface area contributed by atoms with Gasteiger partial charge in [-0.05, 0) is 19.4 Å². The Morgan fingerprint density at radius 2 is 2.31 bits per heavy atom. The first kappa shape index (κ1) is 10.5. The third kappa shape index (κ3) is 3.78. The van der Waals surface area contributed by atoms with E-state index < -0.39 is 0 Å². The summed E-state index contributed by atoms with van der Waals surface area (Å²) in [7, 11) is 0. The number of rotatable bonds is 6. The normalized spacial score (nSPS) is 10.6. The minimum Gasteiger partial charge on any atom is -0.416 e. The lowest BCUT2D eigenvalue weighted by atomic mass is 10.3. The van der Waals surface area contributed by atoms with Gasteiger partial charge in [-0.25, -0.2) is 0 Å². The van der Waals surface area contributed by atoms with E-state index in [1.54, 1.807) is 11.8 Å². The fourth-order valence-corrected chi connectivity index (χ4v) is 1.47. The molecule has 0 fully saturated rings. The molecule has 0 amide bonds. The maximum absolute atomic E-state index is 5.37. The Labute approximate surface area is 82.3 Å². The van der Waals surface area contributed by atoms with Gasteiger partial charge in [0.2, 0.25) is 5.89 Å². The van der Waals surface area contributed by atoms with Gasteiger partial charge < -0.3 is 10.2 Å². The van der Waals surface area contributed by atoms with E-state index in [1.807, 2.05) is 0 Å². The van der Waals surface area contributed by atoms with Crippen molar-refractivity contribution in [1.29, 1.82) is 0 Å². The van der Waals surface area contributed by atoms with Gasteiger partial charge in [0.15, 0.2) is 0 Å². The van der Waals surface area contributed by atoms with Crippen LogP contribution >= 0.6 is 11.8 Å². The molecule has 0 aliphatic heterocycles. The van der Waals surface area contributed by atoms with Crippen LogP contribution in [0.2, 0.25) is 0 Å². The molecule has 0 aliphatic rings. The Bertz CT molecular complexity index is 217. The summed E-state index contributed by atoms with van der Waals surface area (Å²) in [6, 6.07) is 0. The first-order chi connectivity index (χ1) is 6.36. The lowest BCUT2D eigenvalue weighted by Gasteiger charge is -1.91. The van der Waals surface area contributed by atoms with E-state index in [-0.39, 0.29) is 0 Å². The van der Waals surface area contributed by atoms with Gasteiger partial charge in [-0.2, -0.15) is 0 Å². The van der Waals surface area contributed by atoms with Gasteiger partial charge in [-0.3, -0.25) is 0 Å². The largest absolute Gasteiger partial charge is 0.416 e. The molecule has 0 atom stereocenters. The van der Waals surface area contributed by atoms with Crippen LogP contribution in [0, 0.1) is 0 Å². The second kappa shape index (κ2) is 5.99. The summed E-state index contributed by atoms with van der Waals surface area (Å²) in [5, 5.41) is 8.50. The van der Waals surface area contributed by atoms with Gasteiger partial charge >= 0.3 is 0 Å². The van der Waals surface area contributed by atoms with Crippen molar-refractivity contribution in [2.75, 3.05) is 12.3 Å². The third-order valence-electron chi connectivity index (χ3n) is 1.47. The first-order valence-corrected chi connectivity index (χ1v) is 5.50. The predicted molar refractivity (Wildman–Crippen MR) is 52.7 cm³/mol. The molecule has 5 heteroatoms. The van der Waals surface area contributed by atoms with Crippen LogP contribution in [0.5, 0.6) is 0 Å². The van der Waals surface area contributed by atoms with Crippen LogP contribution in [0.4, 0.5) is 0 Å². The number of nitrogens with two attached hydrogens (primary N) is 1. The number of aryl methyl sites for hydroxylation is 1. The van der Waals surface area contributed by atoms with Gasteiger partial charge in [0.25, 0.3) is 5.22 Å². The maximum atomic E-state index is 5.37. The zero-order valence-corrected chi connectivity index (χ0v) is 8.64. The van der Waals surface area contributed by atoms with Crippen molar-refractivity contribution >= 4 is 11.8 Å². The molecule has 4 nitrogen and oxygen atoms in total. The molecule has 0 saturated carbocycles. The van der Waals surface area contributed by atoms with Crippen molar-refractivity contribution in [2.45, 2.75) is 31.4 Å². The van der Waals surface area contributed by atoms with E-state index in [9.17, 15) is 0 Å². The van der Waals surface area contributed by atoms with Crippen LogP contribution in [-0.4, -0.2) is 22.5 Å². The number of aromatic nitrogens is 2. The first-order valence-electron chi connectivity index (χ1n) is 4.52. The molecule has 0 saturated heterocycles. The summed E-state index contributed by atoms with van der Waals surface area (Å²) in [4.78, 5) is 0. The van der Waals surface area contributed by atoms with E-state index in [4.69, 9.17) is 10.2 Å². The fraction of sp³-hybridized carbons (Fsp3) is 0.750. The highest BCUT2D eigenvalue weighted by Crippen LogP contribution is 2.16. The Balaban J connectivity index is 2.34. The van der Waals surface area contributed by atoms with E-state index in [2.05, 4.69) is 17.1 Å². The van der Waals surface area contributed by atoms with Gasteiger partial charge in [-0.15, -0.1) is 10.2 Å². The van der Waals surface area contributed by atoms with E-state index in [1.165, 1.54) is 0 Å². The molecule has 0 aromatic carbocycles.